The van der Waals surface area contributed by atoms with Gasteiger partial charge in [0.1, 0.15) is 0 Å². The molecule has 3 rings (SSSR count). The molecule has 0 N–H and O–H groups in total. The zero-order valence-corrected chi connectivity index (χ0v) is 15.2. The van der Waals surface area contributed by atoms with Crippen molar-refractivity contribution in [3.8, 4) is 0 Å². The highest BCUT2D eigenvalue weighted by molar-refractivity contribution is 8.13. The SMILES string of the molecule is CC1CCCCN1CSC1=NCCN1CN1CCCCC1C. The van der Waals surface area contributed by atoms with E-state index in [2.05, 4.69) is 28.5 Å². The van der Waals surface area contributed by atoms with Gasteiger partial charge in [0.2, 0.25) is 0 Å². The predicted octanol–water partition coefficient (Wildman–Crippen LogP) is 3.06. The minimum absolute atomic E-state index is 0.739. The third-order valence-corrected chi connectivity index (χ3v) is 6.59. The van der Waals surface area contributed by atoms with E-state index in [9.17, 15) is 0 Å². The Balaban J connectivity index is 1.48. The molecule has 3 aliphatic rings. The van der Waals surface area contributed by atoms with E-state index in [4.69, 9.17) is 4.99 Å². The van der Waals surface area contributed by atoms with Crippen LogP contribution in [0.4, 0.5) is 0 Å². The normalized spacial score (nSPS) is 31.5. The minimum Gasteiger partial charge on any atom is -0.337 e. The Hall–Kier alpha value is -0.260. The van der Waals surface area contributed by atoms with Gasteiger partial charge in [-0.15, -0.1) is 0 Å². The summed E-state index contributed by atoms with van der Waals surface area (Å²) in [6, 6.07) is 1.49. The average molecular weight is 325 g/mol. The van der Waals surface area contributed by atoms with Crippen LogP contribution in [0, 0.1) is 0 Å². The van der Waals surface area contributed by atoms with Crippen molar-refractivity contribution in [3.63, 3.8) is 0 Å². The largest absolute Gasteiger partial charge is 0.337 e. The van der Waals surface area contributed by atoms with Crippen LogP contribution in [0.15, 0.2) is 4.99 Å². The number of hydrogen-bond acceptors (Lipinski definition) is 5. The van der Waals surface area contributed by atoms with Gasteiger partial charge in [0.15, 0.2) is 5.17 Å². The molecule has 126 valence electrons. The number of nitrogens with zero attached hydrogens (tertiary/aromatic N) is 4. The van der Waals surface area contributed by atoms with Crippen LogP contribution in [0.3, 0.4) is 0 Å². The van der Waals surface area contributed by atoms with Crippen molar-refractivity contribution in [1.82, 2.24) is 14.7 Å². The molecule has 0 aliphatic carbocycles. The Kier molecular flexibility index (Phi) is 6.05. The number of thioether (sulfide) groups is 1. The summed E-state index contributed by atoms with van der Waals surface area (Å²) in [6.07, 6.45) is 8.26. The summed E-state index contributed by atoms with van der Waals surface area (Å²) >= 11 is 1.97. The van der Waals surface area contributed by atoms with E-state index in [0.717, 1.165) is 37.7 Å². The highest BCUT2D eigenvalue weighted by atomic mass is 32.2. The molecule has 2 saturated heterocycles. The van der Waals surface area contributed by atoms with E-state index in [-0.39, 0.29) is 0 Å². The van der Waals surface area contributed by atoms with Crippen molar-refractivity contribution in [2.45, 2.75) is 64.5 Å². The molecular weight excluding hydrogens is 292 g/mol. The second-order valence-electron chi connectivity index (χ2n) is 7.16. The van der Waals surface area contributed by atoms with Gasteiger partial charge in [-0.2, -0.15) is 0 Å². The zero-order chi connectivity index (χ0) is 15.4. The molecule has 0 aromatic rings. The highest BCUT2D eigenvalue weighted by Gasteiger charge is 2.26. The molecule has 3 aliphatic heterocycles. The fourth-order valence-electron chi connectivity index (χ4n) is 3.81. The minimum atomic E-state index is 0.739. The van der Waals surface area contributed by atoms with Crippen LogP contribution in [0.5, 0.6) is 0 Å². The predicted molar refractivity (Wildman–Crippen MR) is 96.4 cm³/mol. The first-order valence-electron chi connectivity index (χ1n) is 9.14. The second kappa shape index (κ2) is 8.02. The van der Waals surface area contributed by atoms with Crippen molar-refractivity contribution in [2.75, 3.05) is 38.7 Å². The van der Waals surface area contributed by atoms with Crippen LogP contribution >= 0.6 is 11.8 Å². The summed E-state index contributed by atoms with van der Waals surface area (Å²) in [5.41, 5.74) is 0. The van der Waals surface area contributed by atoms with Gasteiger partial charge in [-0.1, -0.05) is 24.6 Å². The van der Waals surface area contributed by atoms with Crippen LogP contribution < -0.4 is 0 Å². The standard InChI is InChI=1S/C17H32N4S/c1-15-7-3-5-10-19(15)13-20-12-9-18-17(20)22-14-21-11-6-4-8-16(21)2/h15-16H,3-14H2,1-2H3. The van der Waals surface area contributed by atoms with Crippen LogP contribution in [-0.2, 0) is 0 Å². The van der Waals surface area contributed by atoms with E-state index in [1.54, 1.807) is 0 Å². The molecule has 5 heteroatoms. The third-order valence-electron chi connectivity index (χ3n) is 5.48. The van der Waals surface area contributed by atoms with Crippen molar-refractivity contribution in [2.24, 2.45) is 4.99 Å². The summed E-state index contributed by atoms with van der Waals surface area (Å²) in [7, 11) is 0. The van der Waals surface area contributed by atoms with Gasteiger partial charge >= 0.3 is 0 Å². The third kappa shape index (κ3) is 4.18. The Bertz CT molecular complexity index is 387. The van der Waals surface area contributed by atoms with Gasteiger partial charge in [-0.05, 0) is 46.1 Å². The lowest BCUT2D eigenvalue weighted by Crippen LogP contribution is -2.46. The van der Waals surface area contributed by atoms with E-state index in [1.165, 1.54) is 56.8 Å². The van der Waals surface area contributed by atoms with Crippen LogP contribution in [0.1, 0.15) is 52.4 Å². The van der Waals surface area contributed by atoms with Crippen LogP contribution in [-0.4, -0.2) is 70.7 Å². The van der Waals surface area contributed by atoms with Crippen LogP contribution in [0.25, 0.3) is 0 Å². The van der Waals surface area contributed by atoms with Gasteiger partial charge in [0, 0.05) is 25.2 Å². The number of amidine groups is 1. The second-order valence-corrected chi connectivity index (χ2v) is 8.07. The molecule has 2 atom stereocenters. The molecule has 0 saturated carbocycles. The smallest absolute Gasteiger partial charge is 0.161 e. The van der Waals surface area contributed by atoms with E-state index in [0.29, 0.717) is 0 Å². The topological polar surface area (TPSA) is 22.1 Å². The molecule has 0 aromatic carbocycles. The number of rotatable bonds is 4. The lowest BCUT2D eigenvalue weighted by Gasteiger charge is -2.37. The lowest BCUT2D eigenvalue weighted by molar-refractivity contribution is 0.114. The fraction of sp³-hybridized carbons (Fsp3) is 0.941. The Morgan fingerprint density at radius 2 is 1.64 bits per heavy atom. The Morgan fingerprint density at radius 3 is 2.32 bits per heavy atom. The molecule has 0 radical (unpaired) electrons. The molecule has 22 heavy (non-hydrogen) atoms. The van der Waals surface area contributed by atoms with Crippen LogP contribution in [0.2, 0.25) is 0 Å². The van der Waals surface area contributed by atoms with Crippen molar-refractivity contribution in [1.29, 1.82) is 0 Å². The zero-order valence-electron chi connectivity index (χ0n) is 14.3. The van der Waals surface area contributed by atoms with E-state index < -0.39 is 0 Å². The van der Waals surface area contributed by atoms with Crippen molar-refractivity contribution < 1.29 is 0 Å². The van der Waals surface area contributed by atoms with Gasteiger partial charge in [-0.3, -0.25) is 14.8 Å². The molecule has 0 bridgehead atoms. The van der Waals surface area contributed by atoms with Crippen molar-refractivity contribution in [3.05, 3.63) is 0 Å². The van der Waals surface area contributed by atoms with E-state index >= 15 is 0 Å². The first-order chi connectivity index (χ1) is 10.7. The maximum absolute atomic E-state index is 4.77. The van der Waals surface area contributed by atoms with Gasteiger partial charge in [-0.25, -0.2) is 0 Å². The quantitative estimate of drug-likeness (QED) is 0.792. The molecule has 0 amide bonds. The van der Waals surface area contributed by atoms with Gasteiger partial charge < -0.3 is 4.90 Å². The number of hydrogen-bond donors (Lipinski definition) is 0. The molecule has 2 unspecified atom stereocenters. The molecule has 4 nitrogen and oxygen atoms in total. The molecule has 0 aromatic heterocycles. The van der Waals surface area contributed by atoms with Gasteiger partial charge in [0.25, 0.3) is 0 Å². The number of likely N-dealkylation sites (tertiary alicyclic amines) is 2. The monoisotopic (exact) mass is 324 g/mol. The molecule has 0 spiro atoms. The summed E-state index contributed by atoms with van der Waals surface area (Å²) in [6.45, 7) is 10.5. The first kappa shape index (κ1) is 16.6. The number of aliphatic imine (C=N–C) groups is 1. The average Bonchev–Trinajstić information content (AvgIpc) is 2.96. The van der Waals surface area contributed by atoms with Gasteiger partial charge in [0.05, 0.1) is 19.1 Å². The summed E-state index contributed by atoms with van der Waals surface area (Å²) in [4.78, 5) is 12.6. The highest BCUT2D eigenvalue weighted by Crippen LogP contribution is 2.23. The van der Waals surface area contributed by atoms with Crippen molar-refractivity contribution >= 4 is 16.9 Å². The number of piperidine rings is 2. The first-order valence-corrected chi connectivity index (χ1v) is 10.1. The van der Waals surface area contributed by atoms with E-state index in [1.807, 2.05) is 11.8 Å². The maximum atomic E-state index is 4.77. The molecule has 2 fully saturated rings. The Morgan fingerprint density at radius 1 is 0.955 bits per heavy atom. The lowest BCUT2D eigenvalue weighted by atomic mass is 10.0. The summed E-state index contributed by atoms with van der Waals surface area (Å²) in [5.74, 6) is 1.12. The summed E-state index contributed by atoms with van der Waals surface area (Å²) in [5, 5.41) is 1.29. The molecular formula is C17H32N4S. The Labute approximate surface area is 140 Å². The maximum Gasteiger partial charge on any atom is 0.161 e. The summed E-state index contributed by atoms with van der Waals surface area (Å²) < 4.78 is 0. The molecule has 3 heterocycles. The fourth-order valence-corrected chi connectivity index (χ4v) is 4.99.